The van der Waals surface area contributed by atoms with Gasteiger partial charge in [-0.3, -0.25) is 4.79 Å². The summed E-state index contributed by atoms with van der Waals surface area (Å²) in [4.78, 5) is 23.1. The first-order valence-electron chi connectivity index (χ1n) is 5.30. The Bertz CT molecular complexity index is 572. The fraction of sp³-hybridized carbons (Fsp3) is 0.300. The molecular weight excluding hydrogens is 234 g/mol. The van der Waals surface area contributed by atoms with Crippen LogP contribution >= 0.6 is 0 Å². The summed E-state index contributed by atoms with van der Waals surface area (Å²) in [7, 11) is 0. The zero-order valence-electron chi connectivity index (χ0n) is 10.0. The van der Waals surface area contributed by atoms with Crippen molar-refractivity contribution in [2.45, 2.75) is 19.9 Å². The Labute approximate surface area is 103 Å². The van der Waals surface area contributed by atoms with Crippen LogP contribution in [0.15, 0.2) is 12.4 Å². The third kappa shape index (κ3) is 2.18. The molecule has 0 bridgehead atoms. The summed E-state index contributed by atoms with van der Waals surface area (Å²) in [6.07, 6.45) is 2.69. The maximum Gasteiger partial charge on any atom is 0.268 e. The summed E-state index contributed by atoms with van der Waals surface area (Å²) in [6.45, 7) is 3.55. The minimum Gasteiger partial charge on any atom is -0.364 e. The summed E-state index contributed by atoms with van der Waals surface area (Å²) in [5.74, 6) is 0.973. The molecule has 0 saturated carbocycles. The molecule has 0 spiro atoms. The van der Waals surface area contributed by atoms with Gasteiger partial charge in [-0.15, -0.1) is 5.10 Å². The van der Waals surface area contributed by atoms with Gasteiger partial charge in [0.25, 0.3) is 5.91 Å². The predicted molar refractivity (Wildman–Crippen MR) is 62.8 cm³/mol. The van der Waals surface area contributed by atoms with Crippen molar-refractivity contribution in [3.8, 4) is 5.82 Å². The van der Waals surface area contributed by atoms with Crippen LogP contribution in [0.1, 0.15) is 35.1 Å². The highest BCUT2D eigenvalue weighted by molar-refractivity contribution is 5.90. The quantitative estimate of drug-likeness (QED) is 0.751. The van der Waals surface area contributed by atoms with Gasteiger partial charge in [-0.2, -0.15) is 4.68 Å². The number of aryl methyl sites for hydroxylation is 1. The lowest BCUT2D eigenvalue weighted by Crippen LogP contribution is -2.16. The van der Waals surface area contributed by atoms with Crippen molar-refractivity contribution in [3.63, 3.8) is 0 Å². The van der Waals surface area contributed by atoms with Crippen LogP contribution < -0.4 is 11.5 Å². The normalized spacial score (nSPS) is 12.4. The summed E-state index contributed by atoms with van der Waals surface area (Å²) in [6, 6.07) is -0.288. The van der Waals surface area contributed by atoms with Gasteiger partial charge in [0.2, 0.25) is 0 Å². The highest BCUT2D eigenvalue weighted by Crippen LogP contribution is 2.11. The maximum atomic E-state index is 10.9. The molecule has 0 unspecified atom stereocenters. The maximum absolute atomic E-state index is 10.9. The van der Waals surface area contributed by atoms with Crippen molar-refractivity contribution in [3.05, 3.63) is 29.7 Å². The molecule has 2 heterocycles. The van der Waals surface area contributed by atoms with Crippen LogP contribution in [0.5, 0.6) is 0 Å². The number of hydrogen-bond acceptors (Lipinski definition) is 6. The second-order valence-corrected chi connectivity index (χ2v) is 3.84. The molecule has 1 amide bonds. The highest BCUT2D eigenvalue weighted by atomic mass is 16.1. The number of nitrogens with zero attached hydrogens (tertiary/aromatic N) is 5. The van der Waals surface area contributed by atoms with Crippen LogP contribution in [-0.2, 0) is 0 Å². The average molecular weight is 247 g/mol. The zero-order chi connectivity index (χ0) is 13.3. The van der Waals surface area contributed by atoms with Gasteiger partial charge < -0.3 is 11.5 Å². The molecule has 0 radical (unpaired) electrons. The zero-order valence-corrected chi connectivity index (χ0v) is 10.0. The second-order valence-electron chi connectivity index (χ2n) is 3.84. The third-order valence-corrected chi connectivity index (χ3v) is 2.25. The van der Waals surface area contributed by atoms with Crippen LogP contribution in [0.4, 0.5) is 0 Å². The van der Waals surface area contributed by atoms with Crippen molar-refractivity contribution in [1.29, 1.82) is 0 Å². The molecule has 0 fully saturated rings. The lowest BCUT2D eigenvalue weighted by Gasteiger charge is -2.06. The van der Waals surface area contributed by atoms with E-state index in [2.05, 4.69) is 20.1 Å². The van der Waals surface area contributed by atoms with E-state index >= 15 is 0 Å². The smallest absolute Gasteiger partial charge is 0.268 e. The van der Waals surface area contributed by atoms with Crippen molar-refractivity contribution in [1.82, 2.24) is 24.7 Å². The van der Waals surface area contributed by atoms with E-state index in [1.54, 1.807) is 13.8 Å². The van der Waals surface area contributed by atoms with E-state index in [4.69, 9.17) is 11.5 Å². The Morgan fingerprint density at radius 1 is 1.39 bits per heavy atom. The van der Waals surface area contributed by atoms with Gasteiger partial charge in [-0.25, -0.2) is 15.0 Å². The van der Waals surface area contributed by atoms with Gasteiger partial charge in [0.05, 0.1) is 18.4 Å². The summed E-state index contributed by atoms with van der Waals surface area (Å²) >= 11 is 0. The van der Waals surface area contributed by atoms with Crippen molar-refractivity contribution >= 4 is 5.91 Å². The molecule has 0 aliphatic heterocycles. The third-order valence-electron chi connectivity index (χ3n) is 2.25. The SMILES string of the molecule is Cc1nc([C@H](C)N)n(-c2cnc(C(N)=O)cn2)n1. The lowest BCUT2D eigenvalue weighted by atomic mass is 10.3. The van der Waals surface area contributed by atoms with Gasteiger partial charge in [-0.05, 0) is 13.8 Å². The molecule has 0 aliphatic carbocycles. The number of amides is 1. The Kier molecular flexibility index (Phi) is 3.02. The van der Waals surface area contributed by atoms with E-state index in [-0.39, 0.29) is 11.7 Å². The summed E-state index contributed by atoms with van der Waals surface area (Å²) in [5, 5.41) is 4.18. The molecule has 2 rings (SSSR count). The Morgan fingerprint density at radius 3 is 2.61 bits per heavy atom. The van der Waals surface area contributed by atoms with Crippen LogP contribution in [-0.4, -0.2) is 30.6 Å². The number of rotatable bonds is 3. The topological polar surface area (TPSA) is 126 Å². The fourth-order valence-electron chi connectivity index (χ4n) is 1.45. The van der Waals surface area contributed by atoms with E-state index in [1.807, 2.05) is 0 Å². The molecule has 0 aromatic carbocycles. The molecule has 2 aromatic rings. The number of aromatic nitrogens is 5. The number of carbonyl (C=O) groups is 1. The molecule has 18 heavy (non-hydrogen) atoms. The van der Waals surface area contributed by atoms with Gasteiger partial charge in [0.1, 0.15) is 11.5 Å². The molecular formula is C10H13N7O. The van der Waals surface area contributed by atoms with E-state index in [0.717, 1.165) is 0 Å². The first kappa shape index (κ1) is 12.1. The van der Waals surface area contributed by atoms with Gasteiger partial charge >= 0.3 is 0 Å². The van der Waals surface area contributed by atoms with Crippen LogP contribution in [0, 0.1) is 6.92 Å². The van der Waals surface area contributed by atoms with Crippen molar-refractivity contribution < 1.29 is 4.79 Å². The molecule has 0 aliphatic rings. The molecule has 8 nitrogen and oxygen atoms in total. The molecule has 1 atom stereocenters. The minimum atomic E-state index is -0.628. The monoisotopic (exact) mass is 247 g/mol. The van der Waals surface area contributed by atoms with E-state index in [9.17, 15) is 4.79 Å². The number of nitrogens with two attached hydrogens (primary N) is 2. The largest absolute Gasteiger partial charge is 0.364 e. The highest BCUT2D eigenvalue weighted by Gasteiger charge is 2.14. The molecule has 8 heteroatoms. The van der Waals surface area contributed by atoms with E-state index in [0.29, 0.717) is 17.5 Å². The predicted octanol–water partition coefficient (Wildman–Crippen LogP) is -0.516. The number of primary amides is 1. The Morgan fingerprint density at radius 2 is 2.11 bits per heavy atom. The molecule has 0 saturated heterocycles. The summed E-state index contributed by atoms with van der Waals surface area (Å²) < 4.78 is 1.50. The lowest BCUT2D eigenvalue weighted by molar-refractivity contribution is 0.0995. The summed E-state index contributed by atoms with van der Waals surface area (Å²) in [5.41, 5.74) is 11.0. The Hall–Kier alpha value is -2.35. The van der Waals surface area contributed by atoms with Crippen LogP contribution in [0.2, 0.25) is 0 Å². The first-order valence-corrected chi connectivity index (χ1v) is 5.30. The van der Waals surface area contributed by atoms with Gasteiger partial charge in [-0.1, -0.05) is 0 Å². The minimum absolute atomic E-state index is 0.0953. The van der Waals surface area contributed by atoms with Crippen LogP contribution in [0.3, 0.4) is 0 Å². The van der Waals surface area contributed by atoms with Crippen molar-refractivity contribution in [2.75, 3.05) is 0 Å². The van der Waals surface area contributed by atoms with Gasteiger partial charge in [0, 0.05) is 0 Å². The standard InChI is InChI=1S/C10H13N7O/c1-5(11)10-15-6(2)16-17(10)8-4-13-7(3-14-8)9(12)18/h3-5H,11H2,1-2H3,(H2,12,18)/t5-/m0/s1. The van der Waals surface area contributed by atoms with E-state index in [1.165, 1.54) is 17.1 Å². The van der Waals surface area contributed by atoms with E-state index < -0.39 is 5.91 Å². The average Bonchev–Trinajstić information content (AvgIpc) is 2.71. The van der Waals surface area contributed by atoms with Gasteiger partial charge in [0.15, 0.2) is 11.6 Å². The number of hydrogen-bond donors (Lipinski definition) is 2. The molecule has 94 valence electrons. The van der Waals surface area contributed by atoms with Crippen molar-refractivity contribution in [2.24, 2.45) is 11.5 Å². The van der Waals surface area contributed by atoms with Crippen LogP contribution in [0.25, 0.3) is 5.82 Å². The Balaban J connectivity index is 2.45. The second kappa shape index (κ2) is 4.49. The molecule has 4 N–H and O–H groups in total. The number of carbonyl (C=O) groups excluding carboxylic acids is 1. The first-order chi connectivity index (χ1) is 8.49. The fourth-order valence-corrected chi connectivity index (χ4v) is 1.45. The molecule has 2 aromatic heterocycles.